The molecule has 1 saturated carbocycles. The Bertz CT molecular complexity index is 1370. The van der Waals surface area contributed by atoms with Crippen molar-refractivity contribution in [3.8, 4) is 0 Å². The molecule has 4 amide bonds. The number of carbonyl (C=O) groups is 7. The van der Waals surface area contributed by atoms with E-state index in [1.165, 1.54) is 11.0 Å². The summed E-state index contributed by atoms with van der Waals surface area (Å²) in [6.07, 6.45) is 0.667. The molecule has 1 aromatic carbocycles. The summed E-state index contributed by atoms with van der Waals surface area (Å²) in [5.74, 6) is -7.99. The number of carboxylic acid groups (broad SMARTS) is 1. The number of nitrogens with zero attached hydrogens (tertiary/aromatic N) is 1. The standard InChI is InChI=1S/C33H44N4O9/c1-6-10-22(28(40)31(43)35-23(33(45)46)15-19-11-8-7-9-12-19)34-29(41)26-20-13-14-24(38)21(20)16-37(26)32(44)25(17(2)3)36-30(42)27(39)18(4)5/h7-12,17-18,20-21,23,25-27,39H,6,13-16H2,1-5H3,(H,34,41)(H,35,43)(H,36,42)(H,45,46)/b22-10+/t20-,21-,23-,25-,26-,27-/m0/s1. The highest BCUT2D eigenvalue weighted by atomic mass is 16.4. The fraction of sp³-hybridized carbons (Fsp3) is 0.545. The second-order valence-electron chi connectivity index (χ2n) is 12.5. The number of aliphatic carboxylic acids is 1. The number of nitrogens with one attached hydrogen (secondary N) is 3. The zero-order valence-electron chi connectivity index (χ0n) is 26.8. The molecule has 13 nitrogen and oxygen atoms in total. The normalized spacial score (nSPS) is 21.4. The van der Waals surface area contributed by atoms with Gasteiger partial charge in [0.05, 0.1) is 5.70 Å². The number of Topliss-reactive ketones (excluding diaryl/α,β-unsaturated/α-hetero) is 2. The zero-order chi connectivity index (χ0) is 34.3. The van der Waals surface area contributed by atoms with Crippen molar-refractivity contribution < 1.29 is 43.8 Å². The molecule has 13 heteroatoms. The van der Waals surface area contributed by atoms with Gasteiger partial charge in [-0.25, -0.2) is 4.79 Å². The lowest BCUT2D eigenvalue weighted by Gasteiger charge is -2.32. The van der Waals surface area contributed by atoms with E-state index in [9.17, 15) is 43.8 Å². The summed E-state index contributed by atoms with van der Waals surface area (Å²) in [6, 6.07) is 4.84. The van der Waals surface area contributed by atoms with E-state index >= 15 is 0 Å². The first-order valence-electron chi connectivity index (χ1n) is 15.6. The van der Waals surface area contributed by atoms with Gasteiger partial charge in [-0.15, -0.1) is 0 Å². The lowest BCUT2D eigenvalue weighted by atomic mass is 9.92. The average Bonchev–Trinajstić information content (AvgIpc) is 3.57. The molecule has 2 aliphatic rings. The highest BCUT2D eigenvalue weighted by molar-refractivity contribution is 6.43. The third-order valence-corrected chi connectivity index (χ3v) is 8.47. The first-order valence-corrected chi connectivity index (χ1v) is 15.6. The molecule has 46 heavy (non-hydrogen) atoms. The minimum Gasteiger partial charge on any atom is -0.480 e. The quantitative estimate of drug-likeness (QED) is 0.144. The Morgan fingerprint density at radius 3 is 2.22 bits per heavy atom. The minimum atomic E-state index is -1.41. The van der Waals surface area contributed by atoms with Crippen LogP contribution in [0.1, 0.15) is 59.4 Å². The minimum absolute atomic E-state index is 0.0622. The van der Waals surface area contributed by atoms with E-state index in [2.05, 4.69) is 16.0 Å². The number of aliphatic hydroxyl groups excluding tert-OH is 1. The van der Waals surface area contributed by atoms with E-state index in [0.29, 0.717) is 12.0 Å². The van der Waals surface area contributed by atoms with E-state index in [-0.39, 0.29) is 37.3 Å². The number of amides is 4. The molecular weight excluding hydrogens is 596 g/mol. The molecule has 1 heterocycles. The summed E-state index contributed by atoms with van der Waals surface area (Å²) in [5, 5.41) is 27.2. The maximum atomic E-state index is 13.9. The number of hydrogen-bond donors (Lipinski definition) is 5. The van der Waals surface area contributed by atoms with Crippen LogP contribution < -0.4 is 16.0 Å². The highest BCUT2D eigenvalue weighted by Crippen LogP contribution is 2.41. The number of rotatable bonds is 14. The first kappa shape index (κ1) is 36.1. The van der Waals surface area contributed by atoms with Gasteiger partial charge in [0.2, 0.25) is 17.7 Å². The van der Waals surface area contributed by atoms with Crippen LogP contribution in [0.15, 0.2) is 42.1 Å². The molecule has 3 rings (SSSR count). The van der Waals surface area contributed by atoms with E-state index in [1.54, 1.807) is 65.0 Å². The molecule has 1 aliphatic heterocycles. The Morgan fingerprint density at radius 1 is 1.00 bits per heavy atom. The summed E-state index contributed by atoms with van der Waals surface area (Å²) < 4.78 is 0. The maximum Gasteiger partial charge on any atom is 0.326 e. The number of allylic oxidation sites excluding steroid dienone is 1. The molecule has 0 bridgehead atoms. The van der Waals surface area contributed by atoms with Crippen LogP contribution in [0.5, 0.6) is 0 Å². The molecule has 6 atom stereocenters. The van der Waals surface area contributed by atoms with Gasteiger partial charge in [-0.2, -0.15) is 0 Å². The molecule has 0 spiro atoms. The van der Waals surface area contributed by atoms with E-state index in [0.717, 1.165) is 0 Å². The summed E-state index contributed by atoms with van der Waals surface area (Å²) in [7, 11) is 0. The van der Waals surface area contributed by atoms with Crippen LogP contribution in [0.4, 0.5) is 0 Å². The van der Waals surface area contributed by atoms with Crippen molar-refractivity contribution in [2.75, 3.05) is 6.54 Å². The van der Waals surface area contributed by atoms with Gasteiger partial charge < -0.3 is 31.1 Å². The van der Waals surface area contributed by atoms with Gasteiger partial charge >= 0.3 is 5.97 Å². The van der Waals surface area contributed by atoms with Gasteiger partial charge in [0.1, 0.15) is 30.0 Å². The first-order chi connectivity index (χ1) is 21.7. The van der Waals surface area contributed by atoms with Gasteiger partial charge in [0.15, 0.2) is 0 Å². The van der Waals surface area contributed by atoms with Crippen LogP contribution >= 0.6 is 0 Å². The van der Waals surface area contributed by atoms with Gasteiger partial charge in [-0.05, 0) is 30.2 Å². The Kier molecular flexibility index (Phi) is 12.4. The van der Waals surface area contributed by atoms with Gasteiger partial charge in [-0.1, -0.05) is 71.0 Å². The van der Waals surface area contributed by atoms with E-state index in [1.807, 2.05) is 0 Å². The number of fused-ring (bicyclic) bond motifs is 1. The Hall–Kier alpha value is -4.39. The maximum absolute atomic E-state index is 13.9. The molecule has 0 aromatic heterocycles. The highest BCUT2D eigenvalue weighted by Gasteiger charge is 2.54. The SMILES string of the molecule is CC/C=C(/NC(=O)[C@@H]1[C@H]2CCC(=O)[C@H]2CN1C(=O)[C@@H](NC(=O)[C@@H](O)C(C)C)C(C)C)C(=O)C(=O)N[C@@H](Cc1ccccc1)C(=O)O. The van der Waals surface area contributed by atoms with Crippen molar-refractivity contribution in [2.45, 2.75) is 84.5 Å². The Balaban J connectivity index is 1.83. The van der Waals surface area contributed by atoms with Crippen LogP contribution in [0.25, 0.3) is 0 Å². The Labute approximate surface area is 268 Å². The fourth-order valence-corrected chi connectivity index (χ4v) is 5.91. The number of ketones is 2. The van der Waals surface area contributed by atoms with Crippen LogP contribution in [0.2, 0.25) is 0 Å². The molecule has 250 valence electrons. The average molecular weight is 641 g/mol. The molecule has 1 aliphatic carbocycles. The fourth-order valence-electron chi connectivity index (χ4n) is 5.91. The van der Waals surface area contributed by atoms with Gasteiger partial charge in [0.25, 0.3) is 11.7 Å². The summed E-state index contributed by atoms with van der Waals surface area (Å²) >= 11 is 0. The molecule has 0 radical (unpaired) electrons. The smallest absolute Gasteiger partial charge is 0.326 e. The van der Waals surface area contributed by atoms with Crippen LogP contribution in [0.3, 0.4) is 0 Å². The molecule has 5 N–H and O–H groups in total. The van der Waals surface area contributed by atoms with Crippen molar-refractivity contribution in [1.29, 1.82) is 0 Å². The molecule has 0 unspecified atom stereocenters. The number of aliphatic hydroxyl groups is 1. The number of benzene rings is 1. The third kappa shape index (κ3) is 8.45. The van der Waals surface area contributed by atoms with E-state index in [4.69, 9.17) is 0 Å². The number of carboxylic acids is 1. The monoisotopic (exact) mass is 640 g/mol. The molecule has 1 aromatic rings. The summed E-state index contributed by atoms with van der Waals surface area (Å²) in [4.78, 5) is 92.4. The Morgan fingerprint density at radius 2 is 1.65 bits per heavy atom. The van der Waals surface area contributed by atoms with Gasteiger partial charge in [0, 0.05) is 31.2 Å². The van der Waals surface area contributed by atoms with Crippen molar-refractivity contribution in [1.82, 2.24) is 20.9 Å². The molecule has 1 saturated heterocycles. The van der Waals surface area contributed by atoms with Crippen molar-refractivity contribution in [3.63, 3.8) is 0 Å². The number of carbonyl (C=O) groups excluding carboxylic acids is 6. The predicted octanol–water partition coefficient (Wildman–Crippen LogP) is 0.742. The van der Waals surface area contributed by atoms with Crippen LogP contribution in [0, 0.1) is 23.7 Å². The summed E-state index contributed by atoms with van der Waals surface area (Å²) in [6.45, 7) is 8.31. The number of likely N-dealkylation sites (tertiary alicyclic amines) is 1. The lowest BCUT2D eigenvalue weighted by Crippen LogP contribution is -2.58. The predicted molar refractivity (Wildman–Crippen MR) is 166 cm³/mol. The van der Waals surface area contributed by atoms with Crippen molar-refractivity contribution in [3.05, 3.63) is 47.7 Å². The zero-order valence-corrected chi connectivity index (χ0v) is 26.8. The molecular formula is C33H44N4O9. The van der Waals surface area contributed by atoms with Crippen molar-refractivity contribution >= 4 is 41.2 Å². The largest absolute Gasteiger partial charge is 0.480 e. The second-order valence-corrected chi connectivity index (χ2v) is 12.5. The van der Waals surface area contributed by atoms with E-state index < -0.39 is 83.3 Å². The van der Waals surface area contributed by atoms with Crippen LogP contribution in [-0.4, -0.2) is 87.1 Å². The number of hydrogen-bond acceptors (Lipinski definition) is 8. The third-order valence-electron chi connectivity index (χ3n) is 8.47. The topological polar surface area (TPSA) is 199 Å². The van der Waals surface area contributed by atoms with Crippen molar-refractivity contribution in [2.24, 2.45) is 23.7 Å². The van der Waals surface area contributed by atoms with Crippen LogP contribution in [-0.2, 0) is 40.0 Å². The lowest BCUT2D eigenvalue weighted by molar-refractivity contribution is -0.145. The molecule has 2 fully saturated rings. The van der Waals surface area contributed by atoms with Gasteiger partial charge in [-0.3, -0.25) is 28.8 Å². The second kappa shape index (κ2) is 15.7. The summed E-state index contributed by atoms with van der Waals surface area (Å²) in [5.41, 5.74) is 0.240.